The molecule has 6 heteroatoms. The van der Waals surface area contributed by atoms with Crippen LogP contribution in [0, 0.1) is 0 Å². The van der Waals surface area contributed by atoms with E-state index in [1.165, 1.54) is 11.8 Å². The van der Waals surface area contributed by atoms with E-state index < -0.39 is 0 Å². The number of thioether (sulfide) groups is 1. The molecule has 14 heavy (non-hydrogen) atoms. The fraction of sp³-hybridized carbons (Fsp3) is 0.750. The van der Waals surface area contributed by atoms with E-state index in [9.17, 15) is 4.39 Å². The van der Waals surface area contributed by atoms with Crippen molar-refractivity contribution >= 4 is 11.8 Å². The largest absolute Gasteiger partial charge is 0.324 e. The minimum atomic E-state index is -0.346. The molecule has 0 fully saturated rings. The third-order valence-corrected chi connectivity index (χ3v) is 2.65. The first kappa shape index (κ1) is 11.5. The number of halogens is 1. The van der Waals surface area contributed by atoms with Crippen LogP contribution >= 0.6 is 11.8 Å². The highest BCUT2D eigenvalue weighted by Crippen LogP contribution is 2.17. The molecule has 0 aliphatic carbocycles. The Kier molecular flexibility index (Phi) is 4.89. The van der Waals surface area contributed by atoms with Crippen LogP contribution in [0.2, 0.25) is 0 Å². The van der Waals surface area contributed by atoms with Gasteiger partial charge in [0.05, 0.1) is 13.2 Å². The number of hydrogen-bond acceptors (Lipinski definition) is 4. The van der Waals surface area contributed by atoms with E-state index in [0.717, 1.165) is 23.9 Å². The van der Waals surface area contributed by atoms with Gasteiger partial charge >= 0.3 is 0 Å². The highest BCUT2D eigenvalue weighted by molar-refractivity contribution is 7.99. The molecule has 0 saturated carbocycles. The molecule has 0 aliphatic rings. The van der Waals surface area contributed by atoms with Crippen molar-refractivity contribution in [1.82, 2.24) is 14.8 Å². The smallest absolute Gasteiger partial charge is 0.191 e. The van der Waals surface area contributed by atoms with Crippen molar-refractivity contribution < 1.29 is 4.39 Å². The summed E-state index contributed by atoms with van der Waals surface area (Å²) in [7, 11) is 0. The molecule has 4 nitrogen and oxygen atoms in total. The average Bonchev–Trinajstić information content (AvgIpc) is 2.58. The summed E-state index contributed by atoms with van der Waals surface area (Å²) in [5.41, 5.74) is 5.52. The maximum Gasteiger partial charge on any atom is 0.191 e. The lowest BCUT2D eigenvalue weighted by Gasteiger charge is -2.06. The van der Waals surface area contributed by atoms with Crippen LogP contribution in [-0.4, -0.2) is 27.2 Å². The van der Waals surface area contributed by atoms with Crippen LogP contribution in [0.4, 0.5) is 4.39 Å². The molecule has 0 atom stereocenters. The number of nitrogens with zero attached hydrogens (tertiary/aromatic N) is 3. The van der Waals surface area contributed by atoms with Crippen LogP contribution in [0.15, 0.2) is 5.16 Å². The van der Waals surface area contributed by atoms with Gasteiger partial charge in [0.25, 0.3) is 0 Å². The summed E-state index contributed by atoms with van der Waals surface area (Å²) < 4.78 is 13.9. The molecule has 0 saturated heterocycles. The van der Waals surface area contributed by atoms with Crippen molar-refractivity contribution in [3.05, 3.63) is 5.82 Å². The maximum atomic E-state index is 12.0. The van der Waals surface area contributed by atoms with Gasteiger partial charge in [-0.2, -0.15) is 0 Å². The van der Waals surface area contributed by atoms with E-state index in [1.807, 2.05) is 4.57 Å². The SMILES string of the molecule is CCCn1c(CN)nnc1SCCF. The van der Waals surface area contributed by atoms with Gasteiger partial charge in [0.1, 0.15) is 5.82 Å². The van der Waals surface area contributed by atoms with Crippen molar-refractivity contribution in [2.24, 2.45) is 5.73 Å². The third kappa shape index (κ3) is 2.68. The van der Waals surface area contributed by atoms with E-state index in [4.69, 9.17) is 5.73 Å². The minimum Gasteiger partial charge on any atom is -0.324 e. The van der Waals surface area contributed by atoms with Crippen LogP contribution in [-0.2, 0) is 13.1 Å². The Labute approximate surface area is 87.1 Å². The molecule has 2 N–H and O–H groups in total. The second kappa shape index (κ2) is 5.98. The molecule has 0 spiro atoms. The molecular formula is C8H15FN4S. The molecule has 0 radical (unpaired) electrons. The normalized spacial score (nSPS) is 10.8. The Morgan fingerprint density at radius 1 is 1.50 bits per heavy atom. The van der Waals surface area contributed by atoms with Gasteiger partial charge in [-0.05, 0) is 6.42 Å². The molecule has 1 aromatic heterocycles. The minimum absolute atomic E-state index is 0.346. The molecule has 0 unspecified atom stereocenters. The van der Waals surface area contributed by atoms with E-state index in [-0.39, 0.29) is 6.67 Å². The second-order valence-corrected chi connectivity index (χ2v) is 3.85. The average molecular weight is 218 g/mol. The predicted molar refractivity (Wildman–Crippen MR) is 54.9 cm³/mol. The summed E-state index contributed by atoms with van der Waals surface area (Å²) in [5.74, 6) is 1.19. The van der Waals surface area contributed by atoms with Gasteiger partial charge in [0.15, 0.2) is 5.16 Å². The van der Waals surface area contributed by atoms with E-state index in [1.54, 1.807) is 0 Å². The Morgan fingerprint density at radius 2 is 2.29 bits per heavy atom. The van der Waals surface area contributed by atoms with E-state index >= 15 is 0 Å². The molecular weight excluding hydrogens is 203 g/mol. The van der Waals surface area contributed by atoms with Crippen molar-refractivity contribution in [3.63, 3.8) is 0 Å². The number of alkyl halides is 1. The van der Waals surface area contributed by atoms with E-state index in [0.29, 0.717) is 12.3 Å². The van der Waals surface area contributed by atoms with Gasteiger partial charge in [0, 0.05) is 12.3 Å². The summed E-state index contributed by atoms with van der Waals surface area (Å²) in [5, 5.41) is 8.69. The number of hydrogen-bond donors (Lipinski definition) is 1. The summed E-state index contributed by atoms with van der Waals surface area (Å²) >= 11 is 1.38. The lowest BCUT2D eigenvalue weighted by Crippen LogP contribution is -2.09. The molecule has 1 aromatic rings. The van der Waals surface area contributed by atoms with Crippen molar-refractivity contribution in [3.8, 4) is 0 Å². The third-order valence-electron chi connectivity index (χ3n) is 1.73. The highest BCUT2D eigenvalue weighted by atomic mass is 32.2. The van der Waals surface area contributed by atoms with Gasteiger partial charge in [-0.3, -0.25) is 4.39 Å². The van der Waals surface area contributed by atoms with Crippen LogP contribution in [0.5, 0.6) is 0 Å². The maximum absolute atomic E-state index is 12.0. The van der Waals surface area contributed by atoms with E-state index in [2.05, 4.69) is 17.1 Å². The molecule has 80 valence electrons. The van der Waals surface area contributed by atoms with Crippen LogP contribution in [0.3, 0.4) is 0 Å². The molecule has 1 rings (SSSR count). The summed E-state index contributed by atoms with van der Waals surface area (Å²) in [6.45, 7) is 2.95. The first-order valence-electron chi connectivity index (χ1n) is 4.64. The standard InChI is InChI=1S/C8H15FN4S/c1-2-4-13-7(6-10)11-12-8(13)14-5-3-9/h2-6,10H2,1H3. The fourth-order valence-electron chi connectivity index (χ4n) is 1.15. The molecule has 1 heterocycles. The monoisotopic (exact) mass is 218 g/mol. The molecule has 0 bridgehead atoms. The van der Waals surface area contributed by atoms with Crippen LogP contribution in [0.25, 0.3) is 0 Å². The first-order valence-corrected chi connectivity index (χ1v) is 5.63. The summed E-state index contributed by atoms with van der Waals surface area (Å²) in [6.07, 6.45) is 0.994. The van der Waals surface area contributed by atoms with Gasteiger partial charge in [-0.1, -0.05) is 18.7 Å². The van der Waals surface area contributed by atoms with Crippen molar-refractivity contribution in [2.75, 3.05) is 12.4 Å². The van der Waals surface area contributed by atoms with Gasteiger partial charge in [-0.25, -0.2) is 0 Å². The van der Waals surface area contributed by atoms with Crippen molar-refractivity contribution in [2.45, 2.75) is 31.6 Å². The lowest BCUT2D eigenvalue weighted by molar-refractivity contribution is 0.531. The zero-order valence-electron chi connectivity index (χ0n) is 8.24. The molecule has 0 aromatic carbocycles. The van der Waals surface area contributed by atoms with Gasteiger partial charge in [0.2, 0.25) is 0 Å². The predicted octanol–water partition coefficient (Wildman–Crippen LogP) is 1.21. The van der Waals surface area contributed by atoms with Crippen LogP contribution in [0.1, 0.15) is 19.2 Å². The first-order chi connectivity index (χ1) is 6.83. The zero-order valence-corrected chi connectivity index (χ0v) is 9.06. The quantitative estimate of drug-likeness (QED) is 0.729. The van der Waals surface area contributed by atoms with Crippen molar-refractivity contribution in [1.29, 1.82) is 0 Å². The lowest BCUT2D eigenvalue weighted by atomic mass is 10.4. The number of rotatable bonds is 6. The Bertz CT molecular complexity index is 276. The zero-order chi connectivity index (χ0) is 10.4. The highest BCUT2D eigenvalue weighted by Gasteiger charge is 2.09. The number of aromatic nitrogens is 3. The fourth-order valence-corrected chi connectivity index (χ4v) is 1.87. The topological polar surface area (TPSA) is 56.7 Å². The molecule has 0 amide bonds. The Morgan fingerprint density at radius 3 is 2.86 bits per heavy atom. The Balaban J connectivity index is 2.75. The second-order valence-electron chi connectivity index (χ2n) is 2.79. The van der Waals surface area contributed by atoms with Crippen LogP contribution < -0.4 is 5.73 Å². The molecule has 0 aliphatic heterocycles. The van der Waals surface area contributed by atoms with Gasteiger partial charge < -0.3 is 10.3 Å². The summed E-state index contributed by atoms with van der Waals surface area (Å²) in [6, 6.07) is 0. The van der Waals surface area contributed by atoms with Gasteiger partial charge in [-0.15, -0.1) is 10.2 Å². The summed E-state index contributed by atoms with van der Waals surface area (Å²) in [4.78, 5) is 0. The Hall–Kier alpha value is -0.620. The number of nitrogens with two attached hydrogens (primary N) is 1.